The van der Waals surface area contributed by atoms with Crippen molar-refractivity contribution in [1.82, 2.24) is 10.2 Å². The van der Waals surface area contributed by atoms with Crippen molar-refractivity contribution < 1.29 is 24.2 Å². The quantitative estimate of drug-likeness (QED) is 0.631. The number of methoxy groups -OCH3 is 1. The van der Waals surface area contributed by atoms with Crippen LogP contribution in [0.2, 0.25) is 0 Å². The number of likely N-dealkylation sites (tertiary alicyclic amines) is 1. The Morgan fingerprint density at radius 2 is 1.87 bits per heavy atom. The second-order valence-corrected chi connectivity index (χ2v) is 7.74. The van der Waals surface area contributed by atoms with Gasteiger partial charge in [-0.1, -0.05) is 30.3 Å². The molecule has 0 saturated carbocycles. The minimum atomic E-state index is -0.489. The molecule has 1 amide bonds. The van der Waals surface area contributed by atoms with Crippen LogP contribution in [-0.2, 0) is 9.53 Å². The van der Waals surface area contributed by atoms with Crippen LogP contribution in [0.3, 0.4) is 0 Å². The summed E-state index contributed by atoms with van der Waals surface area (Å²) in [5.74, 6) is 0.278. The fourth-order valence-corrected chi connectivity index (χ4v) is 3.75. The lowest BCUT2D eigenvalue weighted by Crippen LogP contribution is -2.53. The normalized spacial score (nSPS) is 20.0. The monoisotopic (exact) mass is 426 g/mol. The summed E-state index contributed by atoms with van der Waals surface area (Å²) >= 11 is 0. The molecule has 0 radical (unpaired) electrons. The van der Waals surface area contributed by atoms with Crippen molar-refractivity contribution in [3.8, 4) is 5.75 Å². The van der Waals surface area contributed by atoms with Crippen LogP contribution in [0.5, 0.6) is 5.75 Å². The Kier molecular flexibility index (Phi) is 8.03. The van der Waals surface area contributed by atoms with Crippen molar-refractivity contribution in [2.45, 2.75) is 38.0 Å². The SMILES string of the molecule is COC(=O)c1ccc([C@H](C)NC(=O)[C@H]2C[C@@H](O)CCN2CCOc2ccccc2)cc1. The summed E-state index contributed by atoms with van der Waals surface area (Å²) in [5, 5.41) is 13.2. The number of esters is 1. The zero-order chi connectivity index (χ0) is 22.2. The molecule has 1 fully saturated rings. The Morgan fingerprint density at radius 3 is 2.55 bits per heavy atom. The van der Waals surface area contributed by atoms with Gasteiger partial charge in [-0.25, -0.2) is 4.79 Å². The number of hydrogen-bond acceptors (Lipinski definition) is 6. The molecular formula is C24H30N2O5. The summed E-state index contributed by atoms with van der Waals surface area (Å²) in [5.41, 5.74) is 1.35. The van der Waals surface area contributed by atoms with Crippen LogP contribution in [0, 0.1) is 0 Å². The minimum absolute atomic E-state index is 0.122. The van der Waals surface area contributed by atoms with Gasteiger partial charge in [-0.2, -0.15) is 0 Å². The molecule has 3 atom stereocenters. The molecule has 31 heavy (non-hydrogen) atoms. The van der Waals surface area contributed by atoms with E-state index in [2.05, 4.69) is 10.2 Å². The van der Waals surface area contributed by atoms with Crippen molar-refractivity contribution >= 4 is 11.9 Å². The topological polar surface area (TPSA) is 88.1 Å². The highest BCUT2D eigenvalue weighted by Gasteiger charge is 2.33. The predicted molar refractivity (Wildman–Crippen MR) is 117 cm³/mol. The largest absolute Gasteiger partial charge is 0.492 e. The van der Waals surface area contributed by atoms with E-state index < -0.39 is 18.1 Å². The van der Waals surface area contributed by atoms with Crippen LogP contribution in [0.25, 0.3) is 0 Å². The highest BCUT2D eigenvalue weighted by molar-refractivity contribution is 5.89. The number of rotatable bonds is 8. The molecule has 0 unspecified atom stereocenters. The maximum Gasteiger partial charge on any atom is 0.337 e. The molecule has 166 valence electrons. The molecule has 7 heteroatoms. The number of nitrogens with zero attached hydrogens (tertiary/aromatic N) is 1. The molecule has 2 aromatic rings. The van der Waals surface area contributed by atoms with E-state index in [9.17, 15) is 14.7 Å². The van der Waals surface area contributed by atoms with Gasteiger partial charge in [0.2, 0.25) is 5.91 Å². The summed E-state index contributed by atoms with van der Waals surface area (Å²) in [6.45, 7) is 3.60. The van der Waals surface area contributed by atoms with Crippen LogP contribution in [0.4, 0.5) is 0 Å². The van der Waals surface area contributed by atoms with Crippen molar-refractivity contribution in [3.63, 3.8) is 0 Å². The average Bonchev–Trinajstić information content (AvgIpc) is 2.80. The highest BCUT2D eigenvalue weighted by Crippen LogP contribution is 2.20. The summed E-state index contributed by atoms with van der Waals surface area (Å²) in [6.07, 6.45) is 0.543. The van der Waals surface area contributed by atoms with Gasteiger partial charge in [-0.15, -0.1) is 0 Å². The summed E-state index contributed by atoms with van der Waals surface area (Å²) in [6, 6.07) is 15.9. The molecule has 0 bridgehead atoms. The molecule has 1 aliphatic heterocycles. The third kappa shape index (κ3) is 6.29. The third-order valence-corrected chi connectivity index (χ3v) is 5.57. The van der Waals surface area contributed by atoms with E-state index in [0.29, 0.717) is 38.1 Å². The number of para-hydroxylation sites is 1. The number of aliphatic hydroxyl groups excluding tert-OH is 1. The first-order chi connectivity index (χ1) is 15.0. The minimum Gasteiger partial charge on any atom is -0.492 e. The van der Waals surface area contributed by atoms with E-state index >= 15 is 0 Å². The van der Waals surface area contributed by atoms with Crippen molar-refractivity contribution in [2.24, 2.45) is 0 Å². The van der Waals surface area contributed by atoms with Crippen molar-refractivity contribution in [3.05, 3.63) is 65.7 Å². The smallest absolute Gasteiger partial charge is 0.337 e. The number of amides is 1. The average molecular weight is 427 g/mol. The first-order valence-corrected chi connectivity index (χ1v) is 10.6. The number of nitrogens with one attached hydrogen (secondary N) is 1. The lowest BCUT2D eigenvalue weighted by Gasteiger charge is -2.37. The maximum absolute atomic E-state index is 13.0. The molecule has 0 aliphatic carbocycles. The van der Waals surface area contributed by atoms with Gasteiger partial charge in [0.25, 0.3) is 0 Å². The van der Waals surface area contributed by atoms with Crippen LogP contribution >= 0.6 is 0 Å². The van der Waals surface area contributed by atoms with Gasteiger partial charge in [0, 0.05) is 13.1 Å². The Morgan fingerprint density at radius 1 is 1.16 bits per heavy atom. The first-order valence-electron chi connectivity index (χ1n) is 10.6. The van der Waals surface area contributed by atoms with Crippen molar-refractivity contribution in [2.75, 3.05) is 26.8 Å². The molecule has 0 aromatic heterocycles. The molecule has 0 spiro atoms. The molecule has 3 rings (SSSR count). The fourth-order valence-electron chi connectivity index (χ4n) is 3.75. The molecule has 2 N–H and O–H groups in total. The van der Waals surface area contributed by atoms with E-state index in [-0.39, 0.29) is 11.9 Å². The molecule has 1 aliphatic rings. The Balaban J connectivity index is 1.58. The molecule has 1 saturated heterocycles. The van der Waals surface area contributed by atoms with Gasteiger partial charge in [0.05, 0.1) is 30.9 Å². The van der Waals surface area contributed by atoms with Crippen LogP contribution in [-0.4, -0.2) is 60.8 Å². The van der Waals surface area contributed by atoms with Gasteiger partial charge in [-0.05, 0) is 49.6 Å². The predicted octanol–water partition coefficient (Wildman–Crippen LogP) is 2.55. The maximum atomic E-state index is 13.0. The molecule has 2 aromatic carbocycles. The van der Waals surface area contributed by atoms with Crippen molar-refractivity contribution in [1.29, 1.82) is 0 Å². The number of benzene rings is 2. The summed E-state index contributed by atoms with van der Waals surface area (Å²) in [7, 11) is 1.34. The lowest BCUT2D eigenvalue weighted by atomic mass is 9.98. The Labute approximate surface area is 183 Å². The van der Waals surface area contributed by atoms with E-state index in [1.54, 1.807) is 24.3 Å². The van der Waals surface area contributed by atoms with Gasteiger partial charge < -0.3 is 19.9 Å². The Hall–Kier alpha value is -2.90. The van der Waals surface area contributed by atoms with E-state index in [4.69, 9.17) is 9.47 Å². The summed E-state index contributed by atoms with van der Waals surface area (Å²) in [4.78, 5) is 26.7. The van der Waals surface area contributed by atoms with Gasteiger partial charge in [-0.3, -0.25) is 9.69 Å². The highest BCUT2D eigenvalue weighted by atomic mass is 16.5. The molecule has 7 nitrogen and oxygen atoms in total. The number of ether oxygens (including phenoxy) is 2. The van der Waals surface area contributed by atoms with Gasteiger partial charge in [0.15, 0.2) is 0 Å². The molecular weight excluding hydrogens is 396 g/mol. The first kappa shape index (κ1) is 22.8. The second kappa shape index (κ2) is 10.9. The number of hydrogen-bond donors (Lipinski definition) is 2. The van der Waals surface area contributed by atoms with E-state index in [1.807, 2.05) is 37.3 Å². The van der Waals surface area contributed by atoms with Crippen LogP contribution < -0.4 is 10.1 Å². The second-order valence-electron chi connectivity index (χ2n) is 7.74. The zero-order valence-electron chi connectivity index (χ0n) is 18.0. The Bertz CT molecular complexity index is 856. The van der Waals surface area contributed by atoms with Gasteiger partial charge in [0.1, 0.15) is 12.4 Å². The van der Waals surface area contributed by atoms with Gasteiger partial charge >= 0.3 is 5.97 Å². The lowest BCUT2D eigenvalue weighted by molar-refractivity contribution is -0.130. The van der Waals surface area contributed by atoms with E-state index in [0.717, 1.165) is 11.3 Å². The number of piperidine rings is 1. The summed E-state index contributed by atoms with van der Waals surface area (Å²) < 4.78 is 10.5. The third-order valence-electron chi connectivity index (χ3n) is 5.57. The number of carbonyl (C=O) groups excluding carboxylic acids is 2. The fraction of sp³-hybridized carbons (Fsp3) is 0.417. The van der Waals surface area contributed by atoms with Crippen LogP contribution in [0.1, 0.15) is 41.7 Å². The zero-order valence-corrected chi connectivity index (χ0v) is 18.0. The number of carbonyl (C=O) groups is 2. The van der Waals surface area contributed by atoms with E-state index in [1.165, 1.54) is 7.11 Å². The molecule has 1 heterocycles. The van der Waals surface area contributed by atoms with Crippen LogP contribution in [0.15, 0.2) is 54.6 Å². The number of aliphatic hydroxyl groups is 1. The standard InChI is InChI=1S/C24H30N2O5/c1-17(18-8-10-19(11-9-18)24(29)30-2)25-23(28)22-16-20(27)12-13-26(22)14-15-31-21-6-4-3-5-7-21/h3-11,17,20,22,27H,12-16H2,1-2H3,(H,25,28)/t17-,20-,22+/m0/s1.